The fourth-order valence-corrected chi connectivity index (χ4v) is 6.46. The van der Waals surface area contributed by atoms with Crippen LogP contribution >= 0.6 is 24.0 Å². The summed E-state index contributed by atoms with van der Waals surface area (Å²) < 4.78 is 8.59. The van der Waals surface area contributed by atoms with Crippen LogP contribution in [0.25, 0.3) is 23.0 Å². The number of carbonyl (C=O) groups is 1. The number of thiocarbonyl (C=S) groups is 1. The Kier molecular flexibility index (Phi) is 8.34. The van der Waals surface area contributed by atoms with Crippen molar-refractivity contribution in [1.29, 1.82) is 0 Å². The van der Waals surface area contributed by atoms with E-state index in [-0.39, 0.29) is 11.9 Å². The first kappa shape index (κ1) is 26.7. The molecule has 5 rings (SSSR count). The minimum atomic E-state index is 0.0235. The fraction of sp³-hybridized carbons (Fsp3) is 0.387. The van der Waals surface area contributed by atoms with Crippen LogP contribution in [0, 0.1) is 12.8 Å². The number of para-hydroxylation sites is 1. The second-order valence-electron chi connectivity index (χ2n) is 10.6. The molecule has 2 fully saturated rings. The number of hydrogen-bond acceptors (Lipinski definition) is 5. The van der Waals surface area contributed by atoms with Crippen LogP contribution in [0.5, 0.6) is 5.75 Å². The van der Waals surface area contributed by atoms with Crippen molar-refractivity contribution < 1.29 is 9.53 Å². The Labute approximate surface area is 235 Å². The zero-order valence-electron chi connectivity index (χ0n) is 22.4. The number of carbonyl (C=O) groups excluding carboxylic acids is 1. The summed E-state index contributed by atoms with van der Waals surface area (Å²) in [5, 5.41) is 4.97. The molecule has 1 aliphatic carbocycles. The monoisotopic (exact) mass is 545 g/mol. The number of rotatable bonds is 8. The van der Waals surface area contributed by atoms with Crippen LogP contribution in [-0.2, 0) is 4.79 Å². The molecule has 2 aromatic carbocycles. The summed E-state index contributed by atoms with van der Waals surface area (Å²) in [4.78, 5) is 16.0. The molecule has 2 heterocycles. The third kappa shape index (κ3) is 5.89. The summed E-state index contributed by atoms with van der Waals surface area (Å²) in [6.45, 7) is 7.17. The Morgan fingerprint density at radius 3 is 2.61 bits per heavy atom. The van der Waals surface area contributed by atoms with E-state index in [9.17, 15) is 4.79 Å². The predicted octanol–water partition coefficient (Wildman–Crippen LogP) is 7.81. The van der Waals surface area contributed by atoms with Gasteiger partial charge in [0.25, 0.3) is 5.91 Å². The van der Waals surface area contributed by atoms with Crippen molar-refractivity contribution >= 4 is 40.3 Å². The quantitative estimate of drug-likeness (QED) is 0.213. The molecule has 1 saturated heterocycles. The minimum absolute atomic E-state index is 0.0235. The molecule has 0 radical (unpaired) electrons. The van der Waals surface area contributed by atoms with Crippen molar-refractivity contribution in [2.75, 3.05) is 6.61 Å². The van der Waals surface area contributed by atoms with E-state index in [1.54, 1.807) is 0 Å². The number of thioether (sulfide) groups is 1. The van der Waals surface area contributed by atoms with Gasteiger partial charge in [-0.15, -0.1) is 0 Å². The van der Waals surface area contributed by atoms with Crippen molar-refractivity contribution in [3.63, 3.8) is 0 Å². The highest BCUT2D eigenvalue weighted by atomic mass is 32.2. The van der Waals surface area contributed by atoms with Gasteiger partial charge in [0.15, 0.2) is 0 Å². The molecule has 198 valence electrons. The molecular formula is C31H35N3O2S2. The molecule has 7 heteroatoms. The highest BCUT2D eigenvalue weighted by Gasteiger charge is 2.37. The van der Waals surface area contributed by atoms with Gasteiger partial charge in [-0.1, -0.05) is 75.3 Å². The highest BCUT2D eigenvalue weighted by molar-refractivity contribution is 8.26. The number of ether oxygens (including phenoxy) is 1. The van der Waals surface area contributed by atoms with Gasteiger partial charge >= 0.3 is 0 Å². The maximum absolute atomic E-state index is 13.5. The lowest BCUT2D eigenvalue weighted by molar-refractivity contribution is -0.124. The van der Waals surface area contributed by atoms with E-state index in [0.717, 1.165) is 65.9 Å². The smallest absolute Gasteiger partial charge is 0.266 e. The van der Waals surface area contributed by atoms with Gasteiger partial charge < -0.3 is 4.74 Å². The van der Waals surface area contributed by atoms with E-state index in [1.807, 2.05) is 58.3 Å². The molecule has 1 amide bonds. The Morgan fingerprint density at radius 1 is 1.13 bits per heavy atom. The Balaban J connectivity index is 1.49. The maximum atomic E-state index is 13.5. The van der Waals surface area contributed by atoms with Gasteiger partial charge in [-0.25, -0.2) is 4.68 Å². The molecule has 0 N–H and O–H groups in total. The fourth-order valence-electron chi connectivity index (χ4n) is 5.07. The molecular weight excluding hydrogens is 510 g/mol. The van der Waals surface area contributed by atoms with Crippen LogP contribution in [0.2, 0.25) is 0 Å². The van der Waals surface area contributed by atoms with E-state index in [0.29, 0.717) is 21.8 Å². The molecule has 0 spiro atoms. The zero-order valence-corrected chi connectivity index (χ0v) is 24.0. The number of benzene rings is 2. The standard InChI is InChI=1S/C31H35N3O2S2/c1-21(2)16-17-36-27-15-14-23(18-22(27)3)29-24(20-33(32-29)25-10-6-4-7-11-25)19-28-30(35)34(31(37)38-28)26-12-8-5-9-13-26/h4,6-7,10-11,14-15,18-21,26H,5,8-9,12-13,16-17H2,1-3H3. The number of aryl methyl sites for hydroxylation is 1. The lowest BCUT2D eigenvalue weighted by Crippen LogP contribution is -2.39. The average Bonchev–Trinajstić information content (AvgIpc) is 3.46. The van der Waals surface area contributed by atoms with Crippen LogP contribution in [0.1, 0.15) is 63.5 Å². The van der Waals surface area contributed by atoms with E-state index >= 15 is 0 Å². The van der Waals surface area contributed by atoms with E-state index < -0.39 is 0 Å². The van der Waals surface area contributed by atoms with E-state index in [2.05, 4.69) is 32.9 Å². The lowest BCUT2D eigenvalue weighted by Gasteiger charge is -2.29. The van der Waals surface area contributed by atoms with Crippen molar-refractivity contribution in [1.82, 2.24) is 14.7 Å². The van der Waals surface area contributed by atoms with Gasteiger partial charge in [-0.05, 0) is 74.1 Å². The normalized spacial score (nSPS) is 17.7. The number of amides is 1. The summed E-state index contributed by atoms with van der Waals surface area (Å²) in [5.41, 5.74) is 4.74. The molecule has 1 aliphatic heterocycles. The summed E-state index contributed by atoms with van der Waals surface area (Å²) in [5.74, 6) is 1.52. The molecule has 38 heavy (non-hydrogen) atoms. The number of nitrogens with zero attached hydrogens (tertiary/aromatic N) is 3. The highest BCUT2D eigenvalue weighted by Crippen LogP contribution is 2.39. The van der Waals surface area contributed by atoms with Crippen molar-refractivity contribution in [3.8, 4) is 22.7 Å². The van der Waals surface area contributed by atoms with Crippen molar-refractivity contribution in [2.45, 2.75) is 65.3 Å². The molecule has 0 atom stereocenters. The van der Waals surface area contributed by atoms with Gasteiger partial charge in [0.05, 0.1) is 17.2 Å². The third-order valence-electron chi connectivity index (χ3n) is 7.21. The molecule has 0 bridgehead atoms. The zero-order chi connectivity index (χ0) is 26.6. The van der Waals surface area contributed by atoms with Gasteiger partial charge in [0.1, 0.15) is 15.8 Å². The van der Waals surface area contributed by atoms with Gasteiger partial charge in [0.2, 0.25) is 0 Å². The van der Waals surface area contributed by atoms with Crippen molar-refractivity contribution in [2.24, 2.45) is 5.92 Å². The Morgan fingerprint density at radius 2 is 1.89 bits per heavy atom. The Hall–Kier alpha value is -2.90. The van der Waals surface area contributed by atoms with Crippen LogP contribution in [0.3, 0.4) is 0 Å². The first-order valence-corrected chi connectivity index (χ1v) is 14.8. The first-order valence-electron chi connectivity index (χ1n) is 13.6. The predicted molar refractivity (Wildman–Crippen MR) is 161 cm³/mol. The van der Waals surface area contributed by atoms with Crippen LogP contribution < -0.4 is 4.74 Å². The average molecular weight is 546 g/mol. The van der Waals surface area contributed by atoms with Gasteiger partial charge in [-0.2, -0.15) is 5.10 Å². The molecule has 1 saturated carbocycles. The summed E-state index contributed by atoms with van der Waals surface area (Å²) in [6, 6.07) is 16.5. The van der Waals surface area contributed by atoms with E-state index in [4.69, 9.17) is 22.1 Å². The summed E-state index contributed by atoms with van der Waals surface area (Å²) >= 11 is 7.08. The van der Waals surface area contributed by atoms with Crippen molar-refractivity contribution in [3.05, 3.63) is 70.8 Å². The topological polar surface area (TPSA) is 47.4 Å². The summed E-state index contributed by atoms with van der Waals surface area (Å²) in [7, 11) is 0. The molecule has 1 aromatic heterocycles. The van der Waals surface area contributed by atoms with Crippen LogP contribution in [-0.4, -0.2) is 37.6 Å². The second kappa shape index (κ2) is 11.9. The first-order chi connectivity index (χ1) is 18.4. The lowest BCUT2D eigenvalue weighted by atomic mass is 9.94. The Bertz CT molecular complexity index is 1340. The SMILES string of the molecule is Cc1cc(-c2nn(-c3ccccc3)cc2C=C2SC(=S)N(C3CCCCC3)C2=O)ccc1OCCC(C)C. The largest absolute Gasteiger partial charge is 0.493 e. The maximum Gasteiger partial charge on any atom is 0.266 e. The second-order valence-corrected chi connectivity index (χ2v) is 12.2. The molecule has 0 unspecified atom stereocenters. The van der Waals surface area contributed by atoms with Gasteiger partial charge in [0, 0.05) is 23.4 Å². The molecule has 3 aromatic rings. The molecule has 5 nitrogen and oxygen atoms in total. The van der Waals surface area contributed by atoms with E-state index in [1.165, 1.54) is 18.2 Å². The van der Waals surface area contributed by atoms with Crippen LogP contribution in [0.4, 0.5) is 0 Å². The van der Waals surface area contributed by atoms with Gasteiger partial charge in [-0.3, -0.25) is 9.69 Å². The number of hydrogen-bond donors (Lipinski definition) is 0. The third-order valence-corrected chi connectivity index (χ3v) is 8.54. The van der Waals surface area contributed by atoms with Crippen LogP contribution in [0.15, 0.2) is 59.6 Å². The molecule has 2 aliphatic rings. The minimum Gasteiger partial charge on any atom is -0.493 e. The summed E-state index contributed by atoms with van der Waals surface area (Å²) in [6.07, 6.45) is 10.6. The number of aromatic nitrogens is 2.